The largest absolute Gasteiger partial charge is 0.380 e. The number of hydrogen-bond acceptors (Lipinski definition) is 4. The summed E-state index contributed by atoms with van der Waals surface area (Å²) in [6.07, 6.45) is 0. The van der Waals surface area contributed by atoms with Gasteiger partial charge < -0.3 is 9.47 Å². The van der Waals surface area contributed by atoms with Crippen LogP contribution in [-0.4, -0.2) is 69.0 Å². The van der Waals surface area contributed by atoms with Gasteiger partial charge in [0.2, 0.25) is 0 Å². The normalized spacial score (nSPS) is 31.5. The second-order valence-corrected chi connectivity index (χ2v) is 7.38. The average molecular weight is 338 g/mol. The molecule has 0 aliphatic carbocycles. The van der Waals surface area contributed by atoms with E-state index in [1.165, 1.54) is 12.1 Å². The van der Waals surface area contributed by atoms with Gasteiger partial charge in [0.1, 0.15) is 0 Å². The van der Waals surface area contributed by atoms with E-state index in [1.54, 1.807) is 6.07 Å². The molecular formula is C18H24F2N2O2. The van der Waals surface area contributed by atoms with Crippen LogP contribution in [0.25, 0.3) is 0 Å². The molecule has 6 heteroatoms. The Morgan fingerprint density at radius 2 is 1.92 bits per heavy atom. The van der Waals surface area contributed by atoms with Crippen LogP contribution in [0.3, 0.4) is 0 Å². The molecule has 2 atom stereocenters. The maximum Gasteiger partial charge on any atom is 0.159 e. The first-order valence-corrected chi connectivity index (χ1v) is 8.69. The lowest BCUT2D eigenvalue weighted by Gasteiger charge is -2.36. The third kappa shape index (κ3) is 3.20. The van der Waals surface area contributed by atoms with Crippen molar-refractivity contribution in [3.8, 4) is 0 Å². The molecule has 3 saturated heterocycles. The van der Waals surface area contributed by atoms with Crippen molar-refractivity contribution in [1.82, 2.24) is 9.80 Å². The Bertz CT molecular complexity index is 594. The molecule has 0 spiro atoms. The van der Waals surface area contributed by atoms with Crippen LogP contribution < -0.4 is 0 Å². The lowest BCUT2D eigenvalue weighted by Crippen LogP contribution is -2.47. The molecule has 0 aromatic heterocycles. The summed E-state index contributed by atoms with van der Waals surface area (Å²) in [7, 11) is 0. The predicted octanol–water partition coefficient (Wildman–Crippen LogP) is 1.75. The first kappa shape index (κ1) is 16.4. The summed E-state index contributed by atoms with van der Waals surface area (Å²) in [4.78, 5) is 4.84. The minimum absolute atomic E-state index is 0.163. The maximum absolute atomic E-state index is 13.4. The van der Waals surface area contributed by atoms with Crippen LogP contribution in [0.15, 0.2) is 18.2 Å². The second-order valence-electron chi connectivity index (χ2n) is 7.38. The van der Waals surface area contributed by atoms with Crippen molar-refractivity contribution in [2.24, 2.45) is 11.3 Å². The first-order chi connectivity index (χ1) is 11.6. The smallest absolute Gasteiger partial charge is 0.159 e. The minimum atomic E-state index is -0.783. The number of hydrogen-bond donors (Lipinski definition) is 0. The van der Waals surface area contributed by atoms with E-state index >= 15 is 0 Å². The lowest BCUT2D eigenvalue weighted by molar-refractivity contribution is 0.0102. The van der Waals surface area contributed by atoms with Gasteiger partial charge in [-0.1, -0.05) is 6.07 Å². The molecule has 24 heavy (non-hydrogen) atoms. The number of morpholine rings is 1. The Morgan fingerprint density at radius 3 is 2.71 bits per heavy atom. The van der Waals surface area contributed by atoms with Gasteiger partial charge in [0.25, 0.3) is 0 Å². The number of nitrogens with zero attached hydrogens (tertiary/aromatic N) is 2. The van der Waals surface area contributed by atoms with Crippen LogP contribution in [0.2, 0.25) is 0 Å². The third-order valence-corrected chi connectivity index (χ3v) is 5.62. The van der Waals surface area contributed by atoms with Gasteiger partial charge in [0.05, 0.1) is 26.4 Å². The van der Waals surface area contributed by atoms with Crippen LogP contribution in [-0.2, 0) is 16.0 Å². The molecule has 3 aliphatic rings. The van der Waals surface area contributed by atoms with E-state index in [4.69, 9.17) is 9.47 Å². The number of benzene rings is 1. The molecule has 0 unspecified atom stereocenters. The van der Waals surface area contributed by atoms with E-state index in [0.717, 1.165) is 64.7 Å². The number of fused-ring (bicyclic) bond motifs is 1. The van der Waals surface area contributed by atoms with Crippen LogP contribution in [0.4, 0.5) is 8.78 Å². The van der Waals surface area contributed by atoms with Crippen molar-refractivity contribution in [1.29, 1.82) is 0 Å². The fourth-order valence-electron chi connectivity index (χ4n) is 4.39. The highest BCUT2D eigenvalue weighted by Crippen LogP contribution is 2.42. The molecule has 3 fully saturated rings. The summed E-state index contributed by atoms with van der Waals surface area (Å²) in [6.45, 7) is 8.79. The molecule has 1 aromatic carbocycles. The van der Waals surface area contributed by atoms with E-state index in [0.29, 0.717) is 12.5 Å². The van der Waals surface area contributed by atoms with Crippen LogP contribution >= 0.6 is 0 Å². The molecule has 0 saturated carbocycles. The summed E-state index contributed by atoms with van der Waals surface area (Å²) in [5, 5.41) is 0. The van der Waals surface area contributed by atoms with Crippen LogP contribution in [0.5, 0.6) is 0 Å². The fraction of sp³-hybridized carbons (Fsp3) is 0.667. The van der Waals surface area contributed by atoms with Crippen molar-refractivity contribution < 1.29 is 18.3 Å². The van der Waals surface area contributed by atoms with Gasteiger partial charge in [-0.25, -0.2) is 8.78 Å². The minimum Gasteiger partial charge on any atom is -0.380 e. The standard InChI is InChI=1S/C18H24F2N2O2/c19-16-2-1-14(7-17(16)20)8-22-9-15-10-24-13-18(15,12-22)11-21-3-5-23-6-4-21/h1-2,7,15H,3-6,8-13H2/t15-,18+/m1/s1. The monoisotopic (exact) mass is 338 g/mol. The van der Waals surface area contributed by atoms with Gasteiger partial charge >= 0.3 is 0 Å². The molecule has 4 rings (SSSR count). The van der Waals surface area contributed by atoms with Gasteiger partial charge in [-0.2, -0.15) is 0 Å². The van der Waals surface area contributed by atoms with Crippen LogP contribution in [0.1, 0.15) is 5.56 Å². The van der Waals surface area contributed by atoms with Crippen molar-refractivity contribution >= 4 is 0 Å². The summed E-state index contributed by atoms with van der Waals surface area (Å²) in [6, 6.07) is 4.21. The highest BCUT2D eigenvalue weighted by atomic mass is 19.2. The quantitative estimate of drug-likeness (QED) is 0.835. The molecule has 4 nitrogen and oxygen atoms in total. The van der Waals surface area contributed by atoms with E-state index in [2.05, 4.69) is 9.80 Å². The Labute approximate surface area is 141 Å². The molecule has 0 N–H and O–H groups in total. The molecule has 132 valence electrons. The molecule has 3 aliphatic heterocycles. The SMILES string of the molecule is Fc1ccc(CN2C[C@@H]3COC[C@]3(CN3CCOCC3)C2)cc1F. The number of ether oxygens (including phenoxy) is 2. The van der Waals surface area contributed by atoms with E-state index in [9.17, 15) is 8.78 Å². The van der Waals surface area contributed by atoms with E-state index < -0.39 is 11.6 Å². The zero-order chi connectivity index (χ0) is 16.6. The number of likely N-dealkylation sites (tertiary alicyclic amines) is 1. The van der Waals surface area contributed by atoms with E-state index in [1.807, 2.05) is 0 Å². The first-order valence-electron chi connectivity index (χ1n) is 8.69. The Morgan fingerprint density at radius 1 is 1.08 bits per heavy atom. The van der Waals surface area contributed by atoms with Crippen molar-refractivity contribution in [3.63, 3.8) is 0 Å². The van der Waals surface area contributed by atoms with Crippen LogP contribution in [0, 0.1) is 23.0 Å². The molecule has 1 aromatic rings. The number of halogens is 2. The van der Waals surface area contributed by atoms with E-state index in [-0.39, 0.29) is 5.41 Å². The molecular weight excluding hydrogens is 314 g/mol. The van der Waals surface area contributed by atoms with Crippen molar-refractivity contribution in [2.75, 3.05) is 59.2 Å². The molecule has 0 bridgehead atoms. The molecule has 3 heterocycles. The highest BCUT2D eigenvalue weighted by Gasteiger charge is 2.51. The zero-order valence-electron chi connectivity index (χ0n) is 13.8. The Balaban J connectivity index is 1.43. The third-order valence-electron chi connectivity index (χ3n) is 5.62. The highest BCUT2D eigenvalue weighted by molar-refractivity contribution is 5.18. The summed E-state index contributed by atoms with van der Waals surface area (Å²) >= 11 is 0. The van der Waals surface area contributed by atoms with Gasteiger partial charge in [-0.3, -0.25) is 9.80 Å². The Kier molecular flexibility index (Phi) is 4.56. The Hall–Kier alpha value is -1.08. The second kappa shape index (κ2) is 6.67. The molecule has 0 amide bonds. The number of rotatable bonds is 4. The molecule has 0 radical (unpaired) electrons. The summed E-state index contributed by atoms with van der Waals surface area (Å²) < 4.78 is 37.8. The van der Waals surface area contributed by atoms with Crippen molar-refractivity contribution in [2.45, 2.75) is 6.54 Å². The lowest BCUT2D eigenvalue weighted by atomic mass is 9.80. The predicted molar refractivity (Wildman–Crippen MR) is 85.6 cm³/mol. The summed E-state index contributed by atoms with van der Waals surface area (Å²) in [5.74, 6) is -1.03. The zero-order valence-corrected chi connectivity index (χ0v) is 13.8. The van der Waals surface area contributed by atoms with Gasteiger partial charge in [0.15, 0.2) is 11.6 Å². The maximum atomic E-state index is 13.4. The average Bonchev–Trinajstić information content (AvgIpc) is 3.08. The van der Waals surface area contributed by atoms with Gasteiger partial charge in [0, 0.05) is 50.6 Å². The topological polar surface area (TPSA) is 24.9 Å². The fourth-order valence-corrected chi connectivity index (χ4v) is 4.39. The summed E-state index contributed by atoms with van der Waals surface area (Å²) in [5.41, 5.74) is 0.993. The van der Waals surface area contributed by atoms with Gasteiger partial charge in [-0.15, -0.1) is 0 Å². The van der Waals surface area contributed by atoms with Gasteiger partial charge in [-0.05, 0) is 17.7 Å². The van der Waals surface area contributed by atoms with Crippen molar-refractivity contribution in [3.05, 3.63) is 35.4 Å².